The summed E-state index contributed by atoms with van der Waals surface area (Å²) >= 11 is 0. The van der Waals surface area contributed by atoms with E-state index < -0.39 is 0 Å². The highest BCUT2D eigenvalue weighted by Crippen LogP contribution is 2.27. The van der Waals surface area contributed by atoms with Gasteiger partial charge in [0.1, 0.15) is 5.82 Å². The highest BCUT2D eigenvalue weighted by Gasteiger charge is 2.27. The second-order valence-corrected chi connectivity index (χ2v) is 9.49. The molecule has 6 heteroatoms. The summed E-state index contributed by atoms with van der Waals surface area (Å²) in [5.41, 5.74) is 4.52. The molecule has 1 saturated heterocycles. The summed E-state index contributed by atoms with van der Waals surface area (Å²) in [6.45, 7) is 3.40. The van der Waals surface area contributed by atoms with Crippen LogP contribution in [0.1, 0.15) is 29.0 Å². The first kappa shape index (κ1) is 24.5. The molecule has 188 valence electrons. The zero-order valence-corrected chi connectivity index (χ0v) is 20.9. The molecule has 4 aromatic rings. The van der Waals surface area contributed by atoms with Crippen molar-refractivity contribution in [2.45, 2.75) is 24.9 Å². The molecule has 3 N–H and O–H groups in total. The molecule has 0 radical (unpaired) electrons. The average Bonchev–Trinajstić information content (AvgIpc) is 3.39. The normalized spacial score (nSPS) is 15.4. The fraction of sp³-hybridized carbons (Fsp3) is 0.226. The molecule has 37 heavy (non-hydrogen) atoms. The van der Waals surface area contributed by atoms with Crippen LogP contribution in [0.5, 0.6) is 0 Å². The smallest absolute Gasteiger partial charge is 0.319 e. The van der Waals surface area contributed by atoms with E-state index in [-0.39, 0.29) is 12.1 Å². The minimum atomic E-state index is -0.185. The third kappa shape index (κ3) is 6.96. The molecule has 2 amide bonds. The van der Waals surface area contributed by atoms with Gasteiger partial charge in [0.05, 0.1) is 0 Å². The van der Waals surface area contributed by atoms with E-state index >= 15 is 0 Å². The minimum Gasteiger partial charge on any atom is -0.366 e. The number of pyridine rings is 1. The van der Waals surface area contributed by atoms with Crippen LogP contribution in [0.3, 0.4) is 0 Å². The summed E-state index contributed by atoms with van der Waals surface area (Å²) in [7, 11) is 0. The maximum atomic E-state index is 12.7. The van der Waals surface area contributed by atoms with Crippen LogP contribution in [0.25, 0.3) is 0 Å². The lowest BCUT2D eigenvalue weighted by molar-refractivity contribution is 0.247. The van der Waals surface area contributed by atoms with Crippen molar-refractivity contribution in [3.05, 3.63) is 126 Å². The fourth-order valence-corrected chi connectivity index (χ4v) is 4.89. The molecule has 6 nitrogen and oxygen atoms in total. The molecule has 1 aliphatic heterocycles. The van der Waals surface area contributed by atoms with Gasteiger partial charge in [0, 0.05) is 56.1 Å². The summed E-state index contributed by atoms with van der Waals surface area (Å²) < 4.78 is 0. The Morgan fingerprint density at radius 2 is 1.54 bits per heavy atom. The average molecular weight is 492 g/mol. The number of amides is 2. The zero-order chi connectivity index (χ0) is 25.3. The van der Waals surface area contributed by atoms with Gasteiger partial charge in [-0.1, -0.05) is 91.0 Å². The van der Waals surface area contributed by atoms with E-state index in [1.807, 2.05) is 24.3 Å². The Kier molecular flexibility index (Phi) is 8.08. The monoisotopic (exact) mass is 491 g/mol. The minimum absolute atomic E-state index is 0.115. The first-order valence-corrected chi connectivity index (χ1v) is 12.9. The predicted molar refractivity (Wildman–Crippen MR) is 150 cm³/mol. The summed E-state index contributed by atoms with van der Waals surface area (Å²) in [6.07, 6.45) is 2.64. The highest BCUT2D eigenvalue weighted by molar-refractivity contribution is 5.89. The van der Waals surface area contributed by atoms with Crippen molar-refractivity contribution in [2.24, 2.45) is 0 Å². The molecule has 0 saturated carbocycles. The van der Waals surface area contributed by atoms with E-state index in [0.29, 0.717) is 18.2 Å². The number of hydrogen-bond acceptors (Lipinski definition) is 4. The van der Waals surface area contributed by atoms with Crippen molar-refractivity contribution in [3.8, 4) is 0 Å². The standard InChI is InChI=1S/C31H33N5O/c37-31(34-27-16-18-32-30(20-27)33-21-24-10-4-1-5-11-24)35-28-17-19-36(22-28)23-29(25-12-6-2-7-13-25)26-14-8-3-9-15-26/h1-16,18,20,28-29H,17,19,21-23H2,(H3,32,33,34,35,37)/t28-/m0/s1. The number of urea groups is 1. The lowest BCUT2D eigenvalue weighted by atomic mass is 9.91. The highest BCUT2D eigenvalue weighted by atomic mass is 16.2. The van der Waals surface area contributed by atoms with Gasteiger partial charge < -0.3 is 20.9 Å². The predicted octanol–water partition coefficient (Wildman–Crippen LogP) is 5.72. The van der Waals surface area contributed by atoms with Crippen LogP contribution in [0, 0.1) is 0 Å². The van der Waals surface area contributed by atoms with Gasteiger partial charge in [0.15, 0.2) is 0 Å². The van der Waals surface area contributed by atoms with Crippen molar-refractivity contribution in [2.75, 3.05) is 30.3 Å². The Labute approximate surface area is 218 Å². The van der Waals surface area contributed by atoms with Crippen LogP contribution in [-0.2, 0) is 6.54 Å². The van der Waals surface area contributed by atoms with E-state index in [1.54, 1.807) is 12.3 Å². The van der Waals surface area contributed by atoms with Crippen molar-refractivity contribution in [1.82, 2.24) is 15.2 Å². The summed E-state index contributed by atoms with van der Waals surface area (Å²) in [6, 6.07) is 35.1. The number of carbonyl (C=O) groups is 1. The molecule has 3 aromatic carbocycles. The van der Waals surface area contributed by atoms with Gasteiger partial charge in [-0.25, -0.2) is 9.78 Å². The van der Waals surface area contributed by atoms with Gasteiger partial charge in [-0.15, -0.1) is 0 Å². The third-order valence-electron chi connectivity index (χ3n) is 6.79. The molecule has 1 fully saturated rings. The number of benzene rings is 3. The molecule has 2 heterocycles. The van der Waals surface area contributed by atoms with Crippen molar-refractivity contribution in [3.63, 3.8) is 0 Å². The number of hydrogen-bond donors (Lipinski definition) is 3. The van der Waals surface area contributed by atoms with E-state index in [0.717, 1.165) is 31.9 Å². The SMILES string of the molecule is O=C(Nc1ccnc(NCc2ccccc2)c1)N[C@H]1CCN(CC(c2ccccc2)c2ccccc2)C1. The van der Waals surface area contributed by atoms with E-state index in [2.05, 4.69) is 98.6 Å². The molecule has 0 unspecified atom stereocenters. The van der Waals surface area contributed by atoms with E-state index in [9.17, 15) is 4.79 Å². The van der Waals surface area contributed by atoms with Crippen molar-refractivity contribution in [1.29, 1.82) is 0 Å². The van der Waals surface area contributed by atoms with E-state index in [1.165, 1.54) is 16.7 Å². The van der Waals surface area contributed by atoms with Gasteiger partial charge in [0.25, 0.3) is 0 Å². The number of aromatic nitrogens is 1. The maximum Gasteiger partial charge on any atom is 0.319 e. The Balaban J connectivity index is 1.14. The van der Waals surface area contributed by atoms with E-state index in [4.69, 9.17) is 0 Å². The summed E-state index contributed by atoms with van der Waals surface area (Å²) in [5, 5.41) is 9.43. The number of rotatable bonds is 9. The molecule has 1 aliphatic rings. The summed E-state index contributed by atoms with van der Waals surface area (Å²) in [5.74, 6) is 1.02. The number of nitrogens with one attached hydrogen (secondary N) is 3. The maximum absolute atomic E-state index is 12.7. The number of carbonyl (C=O) groups excluding carboxylic acids is 1. The number of anilines is 2. The Hall–Kier alpha value is -4.16. The fourth-order valence-electron chi connectivity index (χ4n) is 4.89. The third-order valence-corrected chi connectivity index (χ3v) is 6.79. The number of likely N-dealkylation sites (tertiary alicyclic amines) is 1. The molecule has 1 aromatic heterocycles. The van der Waals surface area contributed by atoms with Crippen molar-refractivity contribution >= 4 is 17.5 Å². The summed E-state index contributed by atoms with van der Waals surface area (Å²) in [4.78, 5) is 19.6. The molecule has 0 bridgehead atoms. The largest absolute Gasteiger partial charge is 0.366 e. The van der Waals surface area contributed by atoms with Gasteiger partial charge in [0.2, 0.25) is 0 Å². The van der Waals surface area contributed by atoms with Crippen LogP contribution >= 0.6 is 0 Å². The Morgan fingerprint density at radius 3 is 2.22 bits per heavy atom. The molecule has 1 atom stereocenters. The van der Waals surface area contributed by atoms with Crippen LogP contribution in [0.2, 0.25) is 0 Å². The van der Waals surface area contributed by atoms with Crippen LogP contribution in [-0.4, -0.2) is 41.6 Å². The van der Waals surface area contributed by atoms with Crippen LogP contribution < -0.4 is 16.0 Å². The van der Waals surface area contributed by atoms with Crippen molar-refractivity contribution < 1.29 is 4.79 Å². The van der Waals surface area contributed by atoms with Gasteiger partial charge in [-0.2, -0.15) is 0 Å². The quantitative estimate of drug-likeness (QED) is 0.280. The lowest BCUT2D eigenvalue weighted by Gasteiger charge is -2.25. The Bertz CT molecular complexity index is 1230. The zero-order valence-electron chi connectivity index (χ0n) is 20.9. The second-order valence-electron chi connectivity index (χ2n) is 9.49. The second kappa shape index (κ2) is 12.2. The molecule has 0 aliphatic carbocycles. The number of nitrogens with zero attached hydrogens (tertiary/aromatic N) is 2. The molecule has 0 spiro atoms. The Morgan fingerprint density at radius 1 is 0.892 bits per heavy atom. The molecule has 5 rings (SSSR count). The lowest BCUT2D eigenvalue weighted by Crippen LogP contribution is -2.40. The van der Waals surface area contributed by atoms with Crippen LogP contribution in [0.15, 0.2) is 109 Å². The first-order chi connectivity index (χ1) is 18.2. The van der Waals surface area contributed by atoms with Crippen LogP contribution in [0.4, 0.5) is 16.3 Å². The molecular formula is C31H33N5O. The first-order valence-electron chi connectivity index (χ1n) is 12.9. The van der Waals surface area contributed by atoms with Gasteiger partial charge in [-0.05, 0) is 29.2 Å². The topological polar surface area (TPSA) is 69.3 Å². The van der Waals surface area contributed by atoms with Gasteiger partial charge >= 0.3 is 6.03 Å². The van der Waals surface area contributed by atoms with Gasteiger partial charge in [-0.3, -0.25) is 0 Å². The molecular weight excluding hydrogens is 458 g/mol.